The van der Waals surface area contributed by atoms with Crippen molar-refractivity contribution in [3.05, 3.63) is 54.9 Å². The second-order valence-corrected chi connectivity index (χ2v) is 6.45. The van der Waals surface area contributed by atoms with Crippen LogP contribution in [0.5, 0.6) is 5.75 Å². The number of anilines is 1. The molecule has 2 heterocycles. The molecule has 0 saturated carbocycles. The smallest absolute Gasteiger partial charge is 0.260 e. The van der Waals surface area contributed by atoms with Gasteiger partial charge in [-0.15, -0.1) is 0 Å². The lowest BCUT2D eigenvalue weighted by atomic mass is 9.96. The summed E-state index contributed by atoms with van der Waals surface area (Å²) in [4.78, 5) is 18.7. The molecule has 0 spiro atoms. The number of aromatic nitrogens is 1. The highest BCUT2D eigenvalue weighted by atomic mass is 16.5. The Balaban J connectivity index is 1.40. The van der Waals surface area contributed by atoms with E-state index in [2.05, 4.69) is 15.2 Å². The molecule has 5 nitrogen and oxygen atoms in total. The third-order valence-corrected chi connectivity index (χ3v) is 4.63. The number of hydrogen-bond acceptors (Lipinski definition) is 4. The Morgan fingerprint density at radius 1 is 1.20 bits per heavy atom. The Labute approximate surface area is 149 Å². The molecule has 1 saturated heterocycles. The number of amides is 1. The van der Waals surface area contributed by atoms with Crippen molar-refractivity contribution in [3.8, 4) is 5.75 Å². The minimum absolute atomic E-state index is 0.0552. The first-order chi connectivity index (χ1) is 12.2. The topological polar surface area (TPSA) is 54.5 Å². The standard InChI is InChI=1S/C20H25N3O2/c1-16(25-19-5-3-2-4-6-19)20(24)22-15-17-9-13-23(14-10-17)18-7-11-21-12-8-18/h2-8,11-12,16-17H,9-10,13-15H2,1H3,(H,22,24). The maximum atomic E-state index is 12.2. The summed E-state index contributed by atoms with van der Waals surface area (Å²) in [6.45, 7) is 4.53. The number of hydrogen-bond donors (Lipinski definition) is 1. The van der Waals surface area contributed by atoms with Crippen LogP contribution >= 0.6 is 0 Å². The molecule has 1 aliphatic rings. The molecule has 0 aliphatic carbocycles. The molecule has 1 amide bonds. The van der Waals surface area contributed by atoms with Crippen molar-refractivity contribution in [2.24, 2.45) is 5.92 Å². The van der Waals surface area contributed by atoms with Crippen molar-refractivity contribution in [1.82, 2.24) is 10.3 Å². The van der Waals surface area contributed by atoms with Crippen molar-refractivity contribution in [2.75, 3.05) is 24.5 Å². The van der Waals surface area contributed by atoms with E-state index in [0.29, 0.717) is 12.5 Å². The molecule has 1 aliphatic heterocycles. The minimum atomic E-state index is -0.487. The van der Waals surface area contributed by atoms with Crippen LogP contribution in [0.15, 0.2) is 54.9 Å². The van der Waals surface area contributed by atoms with Gasteiger partial charge in [-0.05, 0) is 49.9 Å². The van der Waals surface area contributed by atoms with Crippen molar-refractivity contribution in [2.45, 2.75) is 25.9 Å². The summed E-state index contributed by atoms with van der Waals surface area (Å²) in [5.74, 6) is 1.18. The van der Waals surface area contributed by atoms with Crippen LogP contribution in [-0.2, 0) is 4.79 Å². The van der Waals surface area contributed by atoms with E-state index >= 15 is 0 Å². The van der Waals surface area contributed by atoms with E-state index in [1.807, 2.05) is 54.9 Å². The van der Waals surface area contributed by atoms with Crippen LogP contribution in [-0.4, -0.2) is 36.6 Å². The summed E-state index contributed by atoms with van der Waals surface area (Å²) in [7, 11) is 0. The van der Waals surface area contributed by atoms with E-state index in [0.717, 1.165) is 31.7 Å². The number of ether oxygens (including phenoxy) is 1. The van der Waals surface area contributed by atoms with Crippen LogP contribution in [0.3, 0.4) is 0 Å². The molecule has 1 unspecified atom stereocenters. The van der Waals surface area contributed by atoms with Gasteiger partial charge in [0.15, 0.2) is 6.10 Å². The highest BCUT2D eigenvalue weighted by molar-refractivity contribution is 5.80. The van der Waals surface area contributed by atoms with Gasteiger partial charge in [-0.25, -0.2) is 0 Å². The van der Waals surface area contributed by atoms with Crippen molar-refractivity contribution in [3.63, 3.8) is 0 Å². The van der Waals surface area contributed by atoms with Gasteiger partial charge < -0.3 is 15.0 Å². The number of benzene rings is 1. The third kappa shape index (κ3) is 4.95. The number of para-hydroxylation sites is 1. The zero-order chi connectivity index (χ0) is 17.5. The molecular formula is C20H25N3O2. The summed E-state index contributed by atoms with van der Waals surface area (Å²) in [5, 5.41) is 3.03. The first-order valence-corrected chi connectivity index (χ1v) is 8.87. The lowest BCUT2D eigenvalue weighted by Crippen LogP contribution is -2.42. The maximum Gasteiger partial charge on any atom is 0.260 e. The summed E-state index contributed by atoms with van der Waals surface area (Å²) in [6.07, 6.45) is 5.33. The molecule has 132 valence electrons. The average molecular weight is 339 g/mol. The van der Waals surface area contributed by atoms with Gasteiger partial charge in [0.2, 0.25) is 0 Å². The molecular weight excluding hydrogens is 314 g/mol. The number of nitrogens with zero attached hydrogens (tertiary/aromatic N) is 2. The quantitative estimate of drug-likeness (QED) is 0.879. The van der Waals surface area contributed by atoms with E-state index in [1.165, 1.54) is 5.69 Å². The lowest BCUT2D eigenvalue weighted by Gasteiger charge is -2.33. The van der Waals surface area contributed by atoms with Gasteiger partial charge in [0.05, 0.1) is 0 Å². The summed E-state index contributed by atoms with van der Waals surface area (Å²) < 4.78 is 5.66. The van der Waals surface area contributed by atoms with E-state index < -0.39 is 6.10 Å². The number of carbonyl (C=O) groups is 1. The SMILES string of the molecule is CC(Oc1ccccc1)C(=O)NCC1CCN(c2ccncc2)CC1. The van der Waals surface area contributed by atoms with Gasteiger partial charge in [0, 0.05) is 37.7 Å². The number of piperidine rings is 1. The summed E-state index contributed by atoms with van der Waals surface area (Å²) in [5.41, 5.74) is 1.22. The fourth-order valence-corrected chi connectivity index (χ4v) is 3.10. The molecule has 1 fully saturated rings. The Hall–Kier alpha value is -2.56. The molecule has 3 rings (SSSR count). The first kappa shape index (κ1) is 17.3. The van der Waals surface area contributed by atoms with Crippen LogP contribution in [0.2, 0.25) is 0 Å². The van der Waals surface area contributed by atoms with Crippen molar-refractivity contribution < 1.29 is 9.53 Å². The highest BCUT2D eigenvalue weighted by Crippen LogP contribution is 2.22. The summed E-state index contributed by atoms with van der Waals surface area (Å²) in [6, 6.07) is 13.5. The Morgan fingerprint density at radius 3 is 2.56 bits per heavy atom. The number of rotatable bonds is 6. The Bertz CT molecular complexity index is 655. The van der Waals surface area contributed by atoms with Gasteiger partial charge in [-0.2, -0.15) is 0 Å². The molecule has 1 aromatic carbocycles. The fraction of sp³-hybridized carbons (Fsp3) is 0.400. The van der Waals surface area contributed by atoms with E-state index in [1.54, 1.807) is 6.92 Å². The number of nitrogens with one attached hydrogen (secondary N) is 1. The molecule has 0 bridgehead atoms. The highest BCUT2D eigenvalue weighted by Gasteiger charge is 2.21. The summed E-state index contributed by atoms with van der Waals surface area (Å²) >= 11 is 0. The lowest BCUT2D eigenvalue weighted by molar-refractivity contribution is -0.127. The second kappa shape index (κ2) is 8.51. The van der Waals surface area contributed by atoms with Gasteiger partial charge in [0.1, 0.15) is 5.75 Å². The molecule has 2 aromatic rings. The third-order valence-electron chi connectivity index (χ3n) is 4.63. The van der Waals surface area contributed by atoms with Crippen molar-refractivity contribution >= 4 is 11.6 Å². The van der Waals surface area contributed by atoms with Gasteiger partial charge in [0.25, 0.3) is 5.91 Å². The van der Waals surface area contributed by atoms with E-state index in [-0.39, 0.29) is 5.91 Å². The van der Waals surface area contributed by atoms with Gasteiger partial charge in [-0.1, -0.05) is 18.2 Å². The predicted octanol–water partition coefficient (Wildman–Crippen LogP) is 2.88. The number of pyridine rings is 1. The monoisotopic (exact) mass is 339 g/mol. The van der Waals surface area contributed by atoms with Crippen LogP contribution in [0, 0.1) is 5.92 Å². The Kier molecular flexibility index (Phi) is 5.88. The normalized spacial score (nSPS) is 16.3. The van der Waals surface area contributed by atoms with E-state index in [9.17, 15) is 4.79 Å². The van der Waals surface area contributed by atoms with Crippen LogP contribution in [0.25, 0.3) is 0 Å². The molecule has 1 aromatic heterocycles. The Morgan fingerprint density at radius 2 is 1.88 bits per heavy atom. The maximum absolute atomic E-state index is 12.2. The van der Waals surface area contributed by atoms with Gasteiger partial charge >= 0.3 is 0 Å². The molecule has 1 N–H and O–H groups in total. The zero-order valence-corrected chi connectivity index (χ0v) is 14.6. The first-order valence-electron chi connectivity index (χ1n) is 8.87. The second-order valence-electron chi connectivity index (χ2n) is 6.45. The van der Waals surface area contributed by atoms with Gasteiger partial charge in [-0.3, -0.25) is 9.78 Å². The zero-order valence-electron chi connectivity index (χ0n) is 14.6. The fourth-order valence-electron chi connectivity index (χ4n) is 3.10. The largest absolute Gasteiger partial charge is 0.481 e. The van der Waals surface area contributed by atoms with Crippen molar-refractivity contribution in [1.29, 1.82) is 0 Å². The van der Waals surface area contributed by atoms with Crippen LogP contribution in [0.4, 0.5) is 5.69 Å². The predicted molar refractivity (Wildman–Crippen MR) is 98.7 cm³/mol. The number of carbonyl (C=O) groups excluding carboxylic acids is 1. The molecule has 5 heteroatoms. The van der Waals surface area contributed by atoms with E-state index in [4.69, 9.17) is 4.74 Å². The molecule has 0 radical (unpaired) electrons. The molecule has 25 heavy (non-hydrogen) atoms. The molecule has 1 atom stereocenters. The average Bonchev–Trinajstić information content (AvgIpc) is 2.68. The minimum Gasteiger partial charge on any atom is -0.481 e. The van der Waals surface area contributed by atoms with Crippen LogP contribution < -0.4 is 15.0 Å². The van der Waals surface area contributed by atoms with Crippen LogP contribution in [0.1, 0.15) is 19.8 Å².